The van der Waals surface area contributed by atoms with Crippen LogP contribution in [0, 0.1) is 0 Å². The molecule has 0 spiro atoms. The summed E-state index contributed by atoms with van der Waals surface area (Å²) < 4.78 is 2.00. The predicted molar refractivity (Wildman–Crippen MR) is 150 cm³/mol. The van der Waals surface area contributed by atoms with Crippen LogP contribution in [-0.2, 0) is 16.0 Å². The summed E-state index contributed by atoms with van der Waals surface area (Å²) in [6.45, 7) is 3.66. The van der Waals surface area contributed by atoms with E-state index in [1.54, 1.807) is 0 Å². The lowest BCUT2D eigenvalue weighted by Gasteiger charge is -2.40. The fourth-order valence-electron chi connectivity index (χ4n) is 4.76. The summed E-state index contributed by atoms with van der Waals surface area (Å²) in [5.41, 5.74) is 3.07. The Morgan fingerprint density at radius 2 is 1.50 bits per heavy atom. The van der Waals surface area contributed by atoms with Gasteiger partial charge in [-0.2, -0.15) is 0 Å². The molecule has 0 saturated carbocycles. The van der Waals surface area contributed by atoms with E-state index < -0.39 is 0 Å². The minimum absolute atomic E-state index is 0.0152. The van der Waals surface area contributed by atoms with Crippen LogP contribution in [0.25, 0.3) is 17.1 Å². The fourth-order valence-corrected chi connectivity index (χ4v) is 5.61. The van der Waals surface area contributed by atoms with Crippen molar-refractivity contribution in [2.75, 3.05) is 25.4 Å². The molecule has 1 aliphatic heterocycles. The number of carbonyl (C=O) groups is 2. The molecule has 1 unspecified atom stereocenters. The van der Waals surface area contributed by atoms with E-state index in [0.717, 1.165) is 29.1 Å². The summed E-state index contributed by atoms with van der Waals surface area (Å²) in [4.78, 5) is 29.8. The summed E-state index contributed by atoms with van der Waals surface area (Å²) in [5.74, 6) is 1.19. The van der Waals surface area contributed by atoms with Gasteiger partial charge in [0.25, 0.3) is 0 Å². The van der Waals surface area contributed by atoms with Gasteiger partial charge in [-0.3, -0.25) is 14.2 Å². The Hall–Kier alpha value is -3.91. The van der Waals surface area contributed by atoms with Gasteiger partial charge in [0.2, 0.25) is 11.8 Å². The zero-order valence-corrected chi connectivity index (χ0v) is 22.3. The standard InChI is InChI=1S/C30H31N5O2S/c1-23-21-33(19-20-34(23)27(36)18-17-24-11-5-2-6-12-24)28(37)22-38-30-32-31-29(25-13-7-3-8-14-25)35(30)26-15-9-4-10-16-26/h2-16,23H,17-22H2,1H3. The largest absolute Gasteiger partial charge is 0.338 e. The molecule has 4 aromatic rings. The molecular formula is C30H31N5O2S. The smallest absolute Gasteiger partial charge is 0.233 e. The van der Waals surface area contributed by atoms with Crippen molar-refractivity contribution >= 4 is 23.6 Å². The van der Waals surface area contributed by atoms with Crippen LogP contribution in [-0.4, -0.2) is 67.8 Å². The second kappa shape index (κ2) is 12.1. The Bertz CT molecular complexity index is 1360. The first-order chi connectivity index (χ1) is 18.6. The van der Waals surface area contributed by atoms with Crippen LogP contribution in [0.15, 0.2) is 96.2 Å². The van der Waals surface area contributed by atoms with E-state index in [-0.39, 0.29) is 23.6 Å². The molecule has 5 rings (SSSR count). The summed E-state index contributed by atoms with van der Waals surface area (Å²) >= 11 is 1.39. The minimum atomic E-state index is -0.0152. The van der Waals surface area contributed by atoms with Crippen LogP contribution in [0.1, 0.15) is 18.9 Å². The number of aryl methyl sites for hydroxylation is 1. The number of hydrogen-bond donors (Lipinski definition) is 0. The van der Waals surface area contributed by atoms with Gasteiger partial charge in [0, 0.05) is 43.3 Å². The first-order valence-corrected chi connectivity index (χ1v) is 13.9. The fraction of sp³-hybridized carbons (Fsp3) is 0.267. The van der Waals surface area contributed by atoms with Crippen molar-refractivity contribution < 1.29 is 9.59 Å². The highest BCUT2D eigenvalue weighted by atomic mass is 32.2. The molecular weight excluding hydrogens is 494 g/mol. The van der Waals surface area contributed by atoms with E-state index in [0.29, 0.717) is 31.2 Å². The van der Waals surface area contributed by atoms with Gasteiger partial charge >= 0.3 is 0 Å². The highest BCUT2D eigenvalue weighted by Crippen LogP contribution is 2.28. The van der Waals surface area contributed by atoms with Crippen LogP contribution < -0.4 is 0 Å². The van der Waals surface area contributed by atoms with Gasteiger partial charge in [-0.25, -0.2) is 0 Å². The lowest BCUT2D eigenvalue weighted by Crippen LogP contribution is -2.55. The first kappa shape index (κ1) is 25.7. The third-order valence-electron chi connectivity index (χ3n) is 6.78. The van der Waals surface area contributed by atoms with Gasteiger partial charge in [0.1, 0.15) is 0 Å². The van der Waals surface area contributed by atoms with Crippen molar-refractivity contribution in [3.8, 4) is 17.1 Å². The van der Waals surface area contributed by atoms with Crippen LogP contribution in [0.3, 0.4) is 0 Å². The maximum Gasteiger partial charge on any atom is 0.233 e. The second-order valence-electron chi connectivity index (χ2n) is 9.39. The number of benzene rings is 3. The Balaban J connectivity index is 1.21. The first-order valence-electron chi connectivity index (χ1n) is 12.9. The van der Waals surface area contributed by atoms with Crippen LogP contribution >= 0.6 is 11.8 Å². The monoisotopic (exact) mass is 525 g/mol. The van der Waals surface area contributed by atoms with Crippen LogP contribution in [0.2, 0.25) is 0 Å². The molecule has 7 nitrogen and oxygen atoms in total. The number of rotatable bonds is 8. The molecule has 38 heavy (non-hydrogen) atoms. The lowest BCUT2D eigenvalue weighted by atomic mass is 10.1. The second-order valence-corrected chi connectivity index (χ2v) is 10.3. The van der Waals surface area contributed by atoms with Crippen LogP contribution in [0.5, 0.6) is 0 Å². The number of para-hydroxylation sites is 1. The molecule has 1 aliphatic rings. The molecule has 0 N–H and O–H groups in total. The molecule has 2 heterocycles. The van der Waals surface area contributed by atoms with E-state index in [4.69, 9.17) is 0 Å². The van der Waals surface area contributed by atoms with E-state index in [9.17, 15) is 9.59 Å². The van der Waals surface area contributed by atoms with E-state index >= 15 is 0 Å². The summed E-state index contributed by atoms with van der Waals surface area (Å²) in [6.07, 6.45) is 1.21. The molecule has 1 atom stereocenters. The number of amides is 2. The van der Waals surface area contributed by atoms with Crippen molar-refractivity contribution in [3.05, 3.63) is 96.6 Å². The third kappa shape index (κ3) is 5.97. The van der Waals surface area contributed by atoms with E-state index in [2.05, 4.69) is 10.2 Å². The third-order valence-corrected chi connectivity index (χ3v) is 7.69. The molecule has 3 aromatic carbocycles. The Morgan fingerprint density at radius 1 is 0.842 bits per heavy atom. The number of carbonyl (C=O) groups excluding carboxylic acids is 2. The molecule has 1 aromatic heterocycles. The summed E-state index contributed by atoms with van der Waals surface area (Å²) in [5, 5.41) is 9.56. The highest BCUT2D eigenvalue weighted by molar-refractivity contribution is 7.99. The Kier molecular flexibility index (Phi) is 8.19. The van der Waals surface area contributed by atoms with Gasteiger partial charge in [-0.05, 0) is 31.0 Å². The summed E-state index contributed by atoms with van der Waals surface area (Å²) in [7, 11) is 0. The molecule has 0 bridgehead atoms. The number of aromatic nitrogens is 3. The number of hydrogen-bond acceptors (Lipinski definition) is 5. The van der Waals surface area contributed by atoms with E-state index in [1.807, 2.05) is 112 Å². The number of piperazine rings is 1. The molecule has 0 aliphatic carbocycles. The van der Waals surface area contributed by atoms with Gasteiger partial charge in [-0.1, -0.05) is 90.6 Å². The quantitative estimate of drug-likeness (QED) is 0.312. The zero-order valence-electron chi connectivity index (χ0n) is 21.4. The van der Waals surface area contributed by atoms with Crippen molar-refractivity contribution in [1.82, 2.24) is 24.6 Å². The Morgan fingerprint density at radius 3 is 2.18 bits per heavy atom. The van der Waals surface area contributed by atoms with Crippen molar-refractivity contribution in [1.29, 1.82) is 0 Å². The van der Waals surface area contributed by atoms with Crippen molar-refractivity contribution in [3.63, 3.8) is 0 Å². The molecule has 1 fully saturated rings. The highest BCUT2D eigenvalue weighted by Gasteiger charge is 2.30. The van der Waals surface area contributed by atoms with Crippen LogP contribution in [0.4, 0.5) is 0 Å². The topological polar surface area (TPSA) is 71.3 Å². The zero-order chi connectivity index (χ0) is 26.3. The maximum absolute atomic E-state index is 13.2. The molecule has 194 valence electrons. The summed E-state index contributed by atoms with van der Waals surface area (Å²) in [6, 6.07) is 29.9. The molecule has 0 radical (unpaired) electrons. The SMILES string of the molecule is CC1CN(C(=O)CSc2nnc(-c3ccccc3)n2-c2ccccc2)CCN1C(=O)CCc1ccccc1. The lowest BCUT2D eigenvalue weighted by molar-refractivity contribution is -0.141. The van der Waals surface area contributed by atoms with Crippen molar-refractivity contribution in [2.24, 2.45) is 0 Å². The van der Waals surface area contributed by atoms with E-state index in [1.165, 1.54) is 11.8 Å². The number of nitrogens with zero attached hydrogens (tertiary/aromatic N) is 5. The average molecular weight is 526 g/mol. The molecule has 2 amide bonds. The Labute approximate surface area is 227 Å². The maximum atomic E-state index is 13.2. The average Bonchev–Trinajstić information content (AvgIpc) is 3.40. The van der Waals surface area contributed by atoms with Gasteiger partial charge in [-0.15, -0.1) is 10.2 Å². The number of thioether (sulfide) groups is 1. The molecule has 1 saturated heterocycles. The molecule has 8 heteroatoms. The van der Waals surface area contributed by atoms with Crippen molar-refractivity contribution in [2.45, 2.75) is 31.0 Å². The minimum Gasteiger partial charge on any atom is -0.338 e. The van der Waals surface area contributed by atoms with Gasteiger partial charge in [0.15, 0.2) is 11.0 Å². The normalized spacial score (nSPS) is 15.4. The predicted octanol–water partition coefficient (Wildman–Crippen LogP) is 4.72. The van der Waals surface area contributed by atoms with Gasteiger partial charge in [0.05, 0.1) is 5.75 Å². The van der Waals surface area contributed by atoms with Gasteiger partial charge < -0.3 is 9.80 Å².